The van der Waals surface area contributed by atoms with Gasteiger partial charge in [0.25, 0.3) is 5.91 Å². The molecule has 66 valence electrons. The third-order valence-electron chi connectivity index (χ3n) is 1.50. The molecule has 0 atom stereocenters. The maximum Gasteiger partial charge on any atom is 0.289 e. The lowest BCUT2D eigenvalue weighted by atomic mass is 10.4. The Morgan fingerprint density at radius 3 is 3.00 bits per heavy atom. The SMILES string of the molecule is CN(CCBr)C(=O)c1ccco1. The van der Waals surface area contributed by atoms with Crippen LogP contribution in [0.4, 0.5) is 0 Å². The number of alkyl halides is 1. The molecule has 12 heavy (non-hydrogen) atoms. The molecule has 0 N–H and O–H groups in total. The molecule has 4 heteroatoms. The van der Waals surface area contributed by atoms with E-state index in [1.165, 1.54) is 6.26 Å². The predicted molar refractivity (Wildman–Crippen MR) is 49.5 cm³/mol. The highest BCUT2D eigenvalue weighted by Crippen LogP contribution is 2.03. The number of amides is 1. The van der Waals surface area contributed by atoms with Gasteiger partial charge in [-0.1, -0.05) is 15.9 Å². The minimum Gasteiger partial charge on any atom is -0.459 e. The van der Waals surface area contributed by atoms with Crippen molar-refractivity contribution in [1.29, 1.82) is 0 Å². The van der Waals surface area contributed by atoms with Crippen LogP contribution in [-0.2, 0) is 0 Å². The number of carbonyl (C=O) groups excluding carboxylic acids is 1. The Hall–Kier alpha value is -0.770. The zero-order valence-corrected chi connectivity index (χ0v) is 8.37. The van der Waals surface area contributed by atoms with Crippen molar-refractivity contribution in [2.24, 2.45) is 0 Å². The topological polar surface area (TPSA) is 33.5 Å². The summed E-state index contributed by atoms with van der Waals surface area (Å²) in [6, 6.07) is 3.36. The first-order valence-corrected chi connectivity index (χ1v) is 4.73. The molecule has 0 fully saturated rings. The van der Waals surface area contributed by atoms with E-state index >= 15 is 0 Å². The van der Waals surface area contributed by atoms with Crippen molar-refractivity contribution >= 4 is 21.8 Å². The summed E-state index contributed by atoms with van der Waals surface area (Å²) >= 11 is 3.26. The molecule has 1 aromatic rings. The number of halogens is 1. The van der Waals surface area contributed by atoms with E-state index in [0.717, 1.165) is 5.33 Å². The van der Waals surface area contributed by atoms with Crippen LogP contribution in [0.25, 0.3) is 0 Å². The van der Waals surface area contributed by atoms with E-state index in [1.54, 1.807) is 24.1 Å². The van der Waals surface area contributed by atoms with E-state index in [2.05, 4.69) is 15.9 Å². The van der Waals surface area contributed by atoms with Gasteiger partial charge in [-0.2, -0.15) is 0 Å². The van der Waals surface area contributed by atoms with Crippen LogP contribution in [0.5, 0.6) is 0 Å². The lowest BCUT2D eigenvalue weighted by molar-refractivity contribution is 0.0773. The second kappa shape index (κ2) is 4.30. The molecule has 1 aromatic heterocycles. The first-order chi connectivity index (χ1) is 5.75. The highest BCUT2D eigenvalue weighted by Gasteiger charge is 2.12. The van der Waals surface area contributed by atoms with E-state index in [0.29, 0.717) is 12.3 Å². The van der Waals surface area contributed by atoms with E-state index in [-0.39, 0.29) is 5.91 Å². The molecule has 0 aliphatic rings. The predicted octanol–water partition coefficient (Wildman–Crippen LogP) is 1.75. The number of rotatable bonds is 3. The Balaban J connectivity index is 2.59. The smallest absolute Gasteiger partial charge is 0.289 e. The Kier molecular flexibility index (Phi) is 3.34. The van der Waals surface area contributed by atoms with Gasteiger partial charge in [0.05, 0.1) is 6.26 Å². The molecule has 0 aliphatic carbocycles. The normalized spacial score (nSPS) is 9.83. The van der Waals surface area contributed by atoms with Crippen LogP contribution in [0.15, 0.2) is 22.8 Å². The quantitative estimate of drug-likeness (QED) is 0.744. The van der Waals surface area contributed by atoms with Crippen molar-refractivity contribution in [3.05, 3.63) is 24.2 Å². The first kappa shape index (κ1) is 9.32. The monoisotopic (exact) mass is 231 g/mol. The first-order valence-electron chi connectivity index (χ1n) is 3.60. The van der Waals surface area contributed by atoms with Gasteiger partial charge < -0.3 is 9.32 Å². The number of hydrogen-bond donors (Lipinski definition) is 0. The molecule has 0 bridgehead atoms. The zero-order valence-electron chi connectivity index (χ0n) is 6.79. The average molecular weight is 232 g/mol. The largest absolute Gasteiger partial charge is 0.459 e. The van der Waals surface area contributed by atoms with Crippen LogP contribution in [0.1, 0.15) is 10.6 Å². The van der Waals surface area contributed by atoms with Crippen molar-refractivity contribution < 1.29 is 9.21 Å². The van der Waals surface area contributed by atoms with E-state index in [1.807, 2.05) is 0 Å². The fourth-order valence-corrected chi connectivity index (χ4v) is 1.35. The highest BCUT2D eigenvalue weighted by molar-refractivity contribution is 9.09. The van der Waals surface area contributed by atoms with Crippen molar-refractivity contribution in [3.8, 4) is 0 Å². The van der Waals surface area contributed by atoms with Crippen molar-refractivity contribution in [2.45, 2.75) is 0 Å². The summed E-state index contributed by atoms with van der Waals surface area (Å²) in [6.07, 6.45) is 1.50. The minimum absolute atomic E-state index is 0.0838. The van der Waals surface area contributed by atoms with Gasteiger partial charge in [0.15, 0.2) is 5.76 Å². The van der Waals surface area contributed by atoms with E-state index in [4.69, 9.17) is 4.42 Å². The molecule has 0 spiro atoms. The van der Waals surface area contributed by atoms with Gasteiger partial charge in [0.2, 0.25) is 0 Å². The van der Waals surface area contributed by atoms with Gasteiger partial charge in [-0.05, 0) is 12.1 Å². The number of carbonyl (C=O) groups is 1. The molecule has 1 heterocycles. The van der Waals surface area contributed by atoms with Gasteiger partial charge in [0.1, 0.15) is 0 Å². The van der Waals surface area contributed by atoms with Gasteiger partial charge in [-0.25, -0.2) is 0 Å². The summed E-state index contributed by atoms with van der Waals surface area (Å²) in [6.45, 7) is 0.680. The summed E-state index contributed by atoms with van der Waals surface area (Å²) in [4.78, 5) is 13.0. The van der Waals surface area contributed by atoms with Crippen molar-refractivity contribution in [3.63, 3.8) is 0 Å². The molecule has 1 rings (SSSR count). The van der Waals surface area contributed by atoms with Gasteiger partial charge in [-0.15, -0.1) is 0 Å². The molecule has 0 saturated heterocycles. The Morgan fingerprint density at radius 1 is 1.75 bits per heavy atom. The standard InChI is InChI=1S/C8H10BrNO2/c1-10(5-4-9)8(11)7-3-2-6-12-7/h2-3,6H,4-5H2,1H3. The summed E-state index contributed by atoms with van der Waals surface area (Å²) in [5.41, 5.74) is 0. The summed E-state index contributed by atoms with van der Waals surface area (Å²) in [5.74, 6) is 0.304. The molecular weight excluding hydrogens is 222 g/mol. The van der Waals surface area contributed by atoms with Crippen LogP contribution in [0, 0.1) is 0 Å². The fraction of sp³-hybridized carbons (Fsp3) is 0.375. The minimum atomic E-state index is -0.0838. The molecule has 0 unspecified atom stereocenters. The number of nitrogens with zero attached hydrogens (tertiary/aromatic N) is 1. The molecule has 3 nitrogen and oxygen atoms in total. The Labute approximate surface area is 79.5 Å². The third kappa shape index (κ3) is 2.11. The summed E-state index contributed by atoms with van der Waals surface area (Å²) in [5, 5.41) is 0.774. The van der Waals surface area contributed by atoms with Crippen molar-refractivity contribution in [1.82, 2.24) is 4.90 Å². The maximum absolute atomic E-state index is 11.4. The summed E-state index contributed by atoms with van der Waals surface area (Å²) in [7, 11) is 1.74. The Morgan fingerprint density at radius 2 is 2.50 bits per heavy atom. The molecule has 0 radical (unpaired) electrons. The van der Waals surface area contributed by atoms with Crippen LogP contribution in [0.3, 0.4) is 0 Å². The zero-order chi connectivity index (χ0) is 8.97. The van der Waals surface area contributed by atoms with Crippen LogP contribution >= 0.6 is 15.9 Å². The second-order valence-electron chi connectivity index (χ2n) is 2.39. The Bertz CT molecular complexity index is 246. The fourth-order valence-electron chi connectivity index (χ4n) is 0.817. The molecular formula is C8H10BrNO2. The molecule has 0 aromatic carbocycles. The maximum atomic E-state index is 11.4. The molecule has 1 amide bonds. The second-order valence-corrected chi connectivity index (χ2v) is 3.19. The van der Waals surface area contributed by atoms with Crippen molar-refractivity contribution in [2.75, 3.05) is 18.9 Å². The molecule has 0 aliphatic heterocycles. The van der Waals surface area contributed by atoms with Gasteiger partial charge in [0, 0.05) is 18.9 Å². The summed E-state index contributed by atoms with van der Waals surface area (Å²) < 4.78 is 4.96. The third-order valence-corrected chi connectivity index (χ3v) is 1.85. The van der Waals surface area contributed by atoms with Gasteiger partial charge >= 0.3 is 0 Å². The van der Waals surface area contributed by atoms with E-state index < -0.39 is 0 Å². The number of furan rings is 1. The highest BCUT2D eigenvalue weighted by atomic mass is 79.9. The van der Waals surface area contributed by atoms with Gasteiger partial charge in [-0.3, -0.25) is 4.79 Å². The lowest BCUT2D eigenvalue weighted by Crippen LogP contribution is -2.27. The van der Waals surface area contributed by atoms with Crippen LogP contribution < -0.4 is 0 Å². The lowest BCUT2D eigenvalue weighted by Gasteiger charge is -2.13. The van der Waals surface area contributed by atoms with Crippen LogP contribution in [-0.4, -0.2) is 29.7 Å². The average Bonchev–Trinajstić information content (AvgIpc) is 2.55. The van der Waals surface area contributed by atoms with Crippen LogP contribution in [0.2, 0.25) is 0 Å². The number of hydrogen-bond acceptors (Lipinski definition) is 2. The van der Waals surface area contributed by atoms with E-state index in [9.17, 15) is 4.79 Å². The molecule has 0 saturated carbocycles.